The van der Waals surface area contributed by atoms with Crippen molar-refractivity contribution in [2.24, 2.45) is 0 Å². The molecule has 1 saturated carbocycles. The third kappa shape index (κ3) is 3.99. The maximum Gasteiger partial charge on any atom is 0.0931 e. The minimum absolute atomic E-state index is 0.0943. The van der Waals surface area contributed by atoms with Gasteiger partial charge in [-0.3, -0.25) is 4.98 Å². The van der Waals surface area contributed by atoms with Crippen LogP contribution in [0.25, 0.3) is 0 Å². The van der Waals surface area contributed by atoms with Crippen molar-refractivity contribution in [3.63, 3.8) is 0 Å². The van der Waals surface area contributed by atoms with Gasteiger partial charge in [-0.15, -0.1) is 11.3 Å². The maximum atomic E-state index is 6.32. The van der Waals surface area contributed by atoms with Crippen LogP contribution in [-0.4, -0.2) is 23.7 Å². The van der Waals surface area contributed by atoms with E-state index in [0.29, 0.717) is 0 Å². The molecule has 4 rings (SSSR count). The summed E-state index contributed by atoms with van der Waals surface area (Å²) in [5, 5.41) is 3.62. The quantitative estimate of drug-likeness (QED) is 0.676. The molecule has 0 radical (unpaired) electrons. The molecule has 2 fully saturated rings. The molecule has 1 N–H and O–H groups in total. The van der Waals surface area contributed by atoms with Gasteiger partial charge in [-0.1, -0.05) is 30.5 Å². The van der Waals surface area contributed by atoms with Crippen molar-refractivity contribution in [2.75, 3.05) is 13.2 Å². The summed E-state index contributed by atoms with van der Waals surface area (Å²) in [6.45, 7) is 2.73. The molecule has 0 aromatic carbocycles. The van der Waals surface area contributed by atoms with E-state index in [1.165, 1.54) is 36.3 Å². The number of hydrogen-bond donors (Lipinski definition) is 1. The summed E-state index contributed by atoms with van der Waals surface area (Å²) in [6.07, 6.45) is 10.3. The fourth-order valence-corrected chi connectivity index (χ4v) is 5.84. The standard InChI is InChI=1S/C21H27ClN2OS/c22-19-7-6-17(26-19)15-23-13-10-20(18-5-1-4-12-24-18)11-14-25-21(16-20)8-2-3-9-21/h1,4-7,12,23H,2-3,8-11,13-16H2/t20-/m1/s1. The topological polar surface area (TPSA) is 34.2 Å². The van der Waals surface area contributed by atoms with E-state index in [4.69, 9.17) is 21.3 Å². The molecule has 0 bridgehead atoms. The van der Waals surface area contributed by atoms with Crippen LogP contribution >= 0.6 is 22.9 Å². The van der Waals surface area contributed by atoms with Crippen molar-refractivity contribution in [2.45, 2.75) is 62.5 Å². The Morgan fingerprint density at radius 2 is 2.04 bits per heavy atom. The van der Waals surface area contributed by atoms with Crippen LogP contribution in [0.3, 0.4) is 0 Å². The molecule has 2 aromatic rings. The first-order valence-electron chi connectivity index (χ1n) is 9.70. The van der Waals surface area contributed by atoms with Crippen molar-refractivity contribution in [1.82, 2.24) is 10.3 Å². The average Bonchev–Trinajstić information content (AvgIpc) is 3.29. The zero-order valence-corrected chi connectivity index (χ0v) is 16.7. The number of pyridine rings is 1. The van der Waals surface area contributed by atoms with Gasteiger partial charge in [0.25, 0.3) is 0 Å². The number of hydrogen-bond acceptors (Lipinski definition) is 4. The largest absolute Gasteiger partial charge is 0.375 e. The Morgan fingerprint density at radius 3 is 2.77 bits per heavy atom. The highest BCUT2D eigenvalue weighted by Gasteiger charge is 2.48. The van der Waals surface area contributed by atoms with E-state index >= 15 is 0 Å². The van der Waals surface area contributed by atoms with Crippen LogP contribution in [0.5, 0.6) is 0 Å². The van der Waals surface area contributed by atoms with Crippen LogP contribution in [0.15, 0.2) is 36.5 Å². The molecule has 140 valence electrons. The summed E-state index contributed by atoms with van der Waals surface area (Å²) in [5.41, 5.74) is 1.47. The molecular formula is C21H27ClN2OS. The summed E-state index contributed by atoms with van der Waals surface area (Å²) in [7, 11) is 0. The van der Waals surface area contributed by atoms with Crippen molar-refractivity contribution in [3.8, 4) is 0 Å². The monoisotopic (exact) mass is 390 g/mol. The highest BCUT2D eigenvalue weighted by Crippen LogP contribution is 2.49. The third-order valence-corrected chi connectivity index (χ3v) is 7.31. The molecule has 1 aliphatic carbocycles. The van der Waals surface area contributed by atoms with Crippen LogP contribution in [0.2, 0.25) is 4.34 Å². The molecule has 2 aliphatic rings. The Bertz CT molecular complexity index is 714. The number of rotatable bonds is 6. The lowest BCUT2D eigenvalue weighted by atomic mass is 9.68. The molecule has 26 heavy (non-hydrogen) atoms. The fourth-order valence-electron chi connectivity index (χ4n) is 4.78. The molecule has 2 aromatic heterocycles. The third-order valence-electron chi connectivity index (χ3n) is 6.08. The number of aromatic nitrogens is 1. The Labute approximate surface area is 165 Å². The normalized spacial score (nSPS) is 25.0. The van der Waals surface area contributed by atoms with Crippen LogP contribution in [0.4, 0.5) is 0 Å². The minimum atomic E-state index is 0.0943. The zero-order valence-electron chi connectivity index (χ0n) is 15.2. The number of nitrogens with zero attached hydrogens (tertiary/aromatic N) is 1. The van der Waals surface area contributed by atoms with Gasteiger partial charge >= 0.3 is 0 Å². The maximum absolute atomic E-state index is 6.32. The van der Waals surface area contributed by atoms with Gasteiger partial charge in [0.1, 0.15) is 0 Å². The molecule has 3 heterocycles. The van der Waals surface area contributed by atoms with Crippen molar-refractivity contribution >= 4 is 22.9 Å². The number of nitrogens with one attached hydrogen (secondary N) is 1. The second kappa shape index (κ2) is 7.97. The lowest BCUT2D eigenvalue weighted by Crippen LogP contribution is -2.47. The molecule has 1 aliphatic heterocycles. The smallest absolute Gasteiger partial charge is 0.0931 e. The highest BCUT2D eigenvalue weighted by atomic mass is 35.5. The van der Waals surface area contributed by atoms with Gasteiger partial charge in [-0.25, -0.2) is 0 Å². The number of halogens is 1. The van der Waals surface area contributed by atoms with Gasteiger partial charge in [0.2, 0.25) is 0 Å². The fraction of sp³-hybridized carbons (Fsp3) is 0.571. The van der Waals surface area contributed by atoms with Crippen LogP contribution < -0.4 is 5.32 Å². The van der Waals surface area contributed by atoms with Crippen LogP contribution in [0.1, 0.15) is 55.5 Å². The first kappa shape index (κ1) is 18.4. The Morgan fingerprint density at radius 1 is 1.15 bits per heavy atom. The summed E-state index contributed by atoms with van der Waals surface area (Å²) >= 11 is 7.69. The molecule has 5 heteroatoms. The van der Waals surface area contributed by atoms with Gasteiger partial charge < -0.3 is 10.1 Å². The van der Waals surface area contributed by atoms with Crippen molar-refractivity contribution in [3.05, 3.63) is 51.4 Å². The van der Waals surface area contributed by atoms with E-state index in [9.17, 15) is 0 Å². The van der Waals surface area contributed by atoms with E-state index < -0.39 is 0 Å². The molecule has 1 saturated heterocycles. The Kier molecular flexibility index (Phi) is 5.65. The summed E-state index contributed by atoms with van der Waals surface area (Å²) in [5.74, 6) is 0. The Hall–Kier alpha value is -0.940. The molecule has 0 unspecified atom stereocenters. The first-order chi connectivity index (χ1) is 12.7. The van der Waals surface area contributed by atoms with Gasteiger partial charge in [0.05, 0.1) is 9.94 Å². The van der Waals surface area contributed by atoms with Gasteiger partial charge in [0, 0.05) is 35.3 Å². The first-order valence-corrected chi connectivity index (χ1v) is 10.9. The number of ether oxygens (including phenoxy) is 1. The summed E-state index contributed by atoms with van der Waals surface area (Å²) < 4.78 is 7.18. The van der Waals surface area contributed by atoms with Crippen molar-refractivity contribution < 1.29 is 4.74 Å². The lowest BCUT2D eigenvalue weighted by molar-refractivity contribution is -0.104. The van der Waals surface area contributed by atoms with E-state index in [2.05, 4.69) is 23.5 Å². The van der Waals surface area contributed by atoms with Gasteiger partial charge in [-0.2, -0.15) is 0 Å². The predicted octanol–water partition coefficient (Wildman–Crippen LogP) is 5.34. The molecule has 3 nitrogen and oxygen atoms in total. The second-order valence-electron chi connectivity index (χ2n) is 7.79. The minimum Gasteiger partial charge on any atom is -0.375 e. The van der Waals surface area contributed by atoms with Gasteiger partial charge in [-0.05, 0) is 62.9 Å². The summed E-state index contributed by atoms with van der Waals surface area (Å²) in [4.78, 5) is 6.06. The van der Waals surface area contributed by atoms with E-state index in [1.54, 1.807) is 11.3 Å². The van der Waals surface area contributed by atoms with Gasteiger partial charge in [0.15, 0.2) is 0 Å². The molecule has 1 spiro atoms. The van der Waals surface area contributed by atoms with Crippen molar-refractivity contribution in [1.29, 1.82) is 0 Å². The number of thiophene rings is 1. The summed E-state index contributed by atoms with van der Waals surface area (Å²) in [6, 6.07) is 10.4. The van der Waals surface area contributed by atoms with E-state index in [0.717, 1.165) is 43.3 Å². The molecule has 1 atom stereocenters. The average molecular weight is 391 g/mol. The Balaban J connectivity index is 1.46. The SMILES string of the molecule is Clc1ccc(CNCC[C@@]2(c3ccccn3)CCOC3(CCCC3)C2)s1. The zero-order chi connectivity index (χ0) is 17.9. The van der Waals surface area contributed by atoms with E-state index in [-0.39, 0.29) is 11.0 Å². The van der Waals surface area contributed by atoms with E-state index in [1.807, 2.05) is 18.3 Å². The lowest BCUT2D eigenvalue weighted by Gasteiger charge is -2.46. The predicted molar refractivity (Wildman–Crippen MR) is 108 cm³/mol. The van der Waals surface area contributed by atoms with Crippen LogP contribution in [0, 0.1) is 0 Å². The molecule has 0 amide bonds. The molecular weight excluding hydrogens is 364 g/mol. The highest BCUT2D eigenvalue weighted by molar-refractivity contribution is 7.16. The second-order valence-corrected chi connectivity index (χ2v) is 9.59. The van der Waals surface area contributed by atoms with Crippen LogP contribution in [-0.2, 0) is 16.7 Å².